The normalized spacial score (nSPS) is 10.6. The molecule has 0 fully saturated rings. The number of anilines is 1. The van der Waals surface area contributed by atoms with Crippen LogP contribution in [0.4, 0.5) is 5.69 Å². The maximum atomic E-state index is 13.6. The van der Waals surface area contributed by atoms with E-state index < -0.39 is 11.8 Å². The zero-order chi connectivity index (χ0) is 22.7. The first-order valence-corrected chi connectivity index (χ1v) is 10.6. The molecule has 4 aromatic rings. The van der Waals surface area contributed by atoms with E-state index in [4.69, 9.17) is 34.8 Å². The predicted molar refractivity (Wildman–Crippen MR) is 127 cm³/mol. The minimum Gasteiger partial charge on any atom is -0.268 e. The number of hydrogen-bond acceptors (Lipinski definition) is 4. The van der Waals surface area contributed by atoms with E-state index in [1.54, 1.807) is 36.4 Å². The molecule has 2 amide bonds. The molecular weight excluding hydrogens is 469 g/mol. The maximum absolute atomic E-state index is 13.6. The Morgan fingerprint density at radius 2 is 1.19 bits per heavy atom. The summed E-state index contributed by atoms with van der Waals surface area (Å²) in [5.41, 5.74) is 1.92. The van der Waals surface area contributed by atoms with E-state index in [-0.39, 0.29) is 21.4 Å². The van der Waals surface area contributed by atoms with Crippen LogP contribution in [0.2, 0.25) is 15.3 Å². The van der Waals surface area contributed by atoms with Gasteiger partial charge >= 0.3 is 0 Å². The Balaban J connectivity index is 1.92. The van der Waals surface area contributed by atoms with Gasteiger partial charge in [-0.3, -0.25) is 9.59 Å². The van der Waals surface area contributed by atoms with E-state index in [0.717, 1.165) is 10.5 Å². The summed E-state index contributed by atoms with van der Waals surface area (Å²) in [5, 5.41) is 0.535. The smallest absolute Gasteiger partial charge is 0.268 e. The van der Waals surface area contributed by atoms with Crippen molar-refractivity contribution >= 4 is 52.3 Å². The zero-order valence-corrected chi connectivity index (χ0v) is 18.6. The number of amides is 2. The number of para-hydroxylation sites is 1. The lowest BCUT2D eigenvalue weighted by Gasteiger charge is -2.24. The molecule has 0 N–H and O–H groups in total. The van der Waals surface area contributed by atoms with Gasteiger partial charge in [-0.1, -0.05) is 65.1 Å². The number of rotatable bonds is 4. The number of halogens is 3. The fourth-order valence-electron chi connectivity index (χ4n) is 3.19. The number of carbonyl (C=O) groups is 2. The standard InChI is InChI=1S/C24H14Cl3N3O2/c25-16-11-9-15(10-12-16)17-5-1-2-8-20(17)30(23(31)18-6-3-13-28-21(18)26)24(32)19-7-4-14-29-22(19)27/h1-14H. The lowest BCUT2D eigenvalue weighted by molar-refractivity contribution is 0.0897. The van der Waals surface area contributed by atoms with Crippen molar-refractivity contribution in [2.45, 2.75) is 0 Å². The first-order valence-electron chi connectivity index (χ1n) is 9.42. The molecule has 0 spiro atoms. The first kappa shape index (κ1) is 22.0. The number of pyridine rings is 2. The van der Waals surface area contributed by atoms with Crippen LogP contribution in [0, 0.1) is 0 Å². The molecule has 2 heterocycles. The molecule has 0 radical (unpaired) electrons. The second kappa shape index (κ2) is 9.49. The Morgan fingerprint density at radius 3 is 1.72 bits per heavy atom. The summed E-state index contributed by atoms with van der Waals surface area (Å²) < 4.78 is 0. The van der Waals surface area contributed by atoms with Crippen LogP contribution in [-0.2, 0) is 0 Å². The quantitative estimate of drug-likeness (QED) is 0.243. The van der Waals surface area contributed by atoms with Crippen molar-refractivity contribution in [3.8, 4) is 11.1 Å². The van der Waals surface area contributed by atoms with Crippen molar-refractivity contribution in [1.29, 1.82) is 0 Å². The van der Waals surface area contributed by atoms with Gasteiger partial charge in [-0.15, -0.1) is 0 Å². The van der Waals surface area contributed by atoms with Crippen molar-refractivity contribution < 1.29 is 9.59 Å². The van der Waals surface area contributed by atoms with Gasteiger partial charge in [0.25, 0.3) is 11.8 Å². The lowest BCUT2D eigenvalue weighted by atomic mass is 10.0. The van der Waals surface area contributed by atoms with Gasteiger partial charge in [-0.25, -0.2) is 14.9 Å². The molecule has 2 aromatic carbocycles. The summed E-state index contributed by atoms with van der Waals surface area (Å²) in [5.74, 6) is -1.29. The van der Waals surface area contributed by atoms with Crippen molar-refractivity contribution in [3.63, 3.8) is 0 Å². The monoisotopic (exact) mass is 481 g/mol. The van der Waals surface area contributed by atoms with Crippen molar-refractivity contribution in [2.75, 3.05) is 4.90 Å². The third-order valence-corrected chi connectivity index (χ3v) is 5.54. The molecule has 0 bridgehead atoms. The Bertz CT molecular complexity index is 1250. The molecular formula is C24H14Cl3N3O2. The Kier molecular flexibility index (Phi) is 6.51. The predicted octanol–water partition coefficient (Wildman–Crippen LogP) is 6.59. The second-order valence-corrected chi connectivity index (χ2v) is 7.81. The number of nitrogens with zero attached hydrogens (tertiary/aromatic N) is 3. The fourth-order valence-corrected chi connectivity index (χ4v) is 3.71. The van der Waals surface area contributed by atoms with E-state index in [2.05, 4.69) is 9.97 Å². The van der Waals surface area contributed by atoms with Crippen molar-refractivity contribution in [2.24, 2.45) is 0 Å². The molecule has 8 heteroatoms. The minimum absolute atomic E-state index is 0.0171. The van der Waals surface area contributed by atoms with Crippen LogP contribution in [0.15, 0.2) is 85.2 Å². The van der Waals surface area contributed by atoms with Crippen LogP contribution in [0.3, 0.4) is 0 Å². The Labute approximate surface area is 199 Å². The molecule has 0 aliphatic heterocycles. The Hall–Kier alpha value is -3.25. The van der Waals surface area contributed by atoms with Crippen LogP contribution in [0.1, 0.15) is 20.7 Å². The fraction of sp³-hybridized carbons (Fsp3) is 0. The average molecular weight is 483 g/mol. The molecule has 5 nitrogen and oxygen atoms in total. The number of hydrogen-bond donors (Lipinski definition) is 0. The summed E-state index contributed by atoms with van der Waals surface area (Å²) >= 11 is 18.4. The molecule has 4 rings (SSSR count). The van der Waals surface area contributed by atoms with Crippen LogP contribution < -0.4 is 4.90 Å². The summed E-state index contributed by atoms with van der Waals surface area (Å²) in [6.45, 7) is 0. The SMILES string of the molecule is O=C(c1cccnc1Cl)N(C(=O)c1cccnc1Cl)c1ccccc1-c1ccc(Cl)cc1. The topological polar surface area (TPSA) is 63.2 Å². The molecule has 158 valence electrons. The lowest BCUT2D eigenvalue weighted by Crippen LogP contribution is -2.38. The van der Waals surface area contributed by atoms with Crippen LogP contribution >= 0.6 is 34.8 Å². The zero-order valence-electron chi connectivity index (χ0n) is 16.4. The van der Waals surface area contributed by atoms with Gasteiger partial charge in [0.15, 0.2) is 0 Å². The van der Waals surface area contributed by atoms with E-state index in [1.807, 2.05) is 24.3 Å². The van der Waals surface area contributed by atoms with E-state index in [9.17, 15) is 9.59 Å². The average Bonchev–Trinajstić information content (AvgIpc) is 2.80. The highest BCUT2D eigenvalue weighted by atomic mass is 35.5. The highest BCUT2D eigenvalue weighted by molar-refractivity contribution is 6.38. The van der Waals surface area contributed by atoms with Gasteiger partial charge in [-0.2, -0.15) is 0 Å². The van der Waals surface area contributed by atoms with Crippen LogP contribution in [0.5, 0.6) is 0 Å². The van der Waals surface area contributed by atoms with Crippen LogP contribution in [-0.4, -0.2) is 21.8 Å². The van der Waals surface area contributed by atoms with E-state index in [1.165, 1.54) is 24.5 Å². The number of imide groups is 1. The molecule has 0 saturated heterocycles. The molecule has 0 unspecified atom stereocenters. The minimum atomic E-state index is -0.644. The second-order valence-electron chi connectivity index (χ2n) is 6.65. The molecule has 0 saturated carbocycles. The third kappa shape index (κ3) is 4.36. The van der Waals surface area contributed by atoms with Gasteiger partial charge in [0.1, 0.15) is 10.3 Å². The van der Waals surface area contributed by atoms with Gasteiger partial charge < -0.3 is 0 Å². The molecule has 32 heavy (non-hydrogen) atoms. The van der Waals surface area contributed by atoms with Crippen molar-refractivity contribution in [1.82, 2.24) is 9.97 Å². The highest BCUT2D eigenvalue weighted by Gasteiger charge is 2.31. The maximum Gasteiger partial charge on any atom is 0.268 e. The Morgan fingerprint density at radius 1 is 0.656 bits per heavy atom. The van der Waals surface area contributed by atoms with Gasteiger partial charge in [-0.05, 0) is 48.0 Å². The third-order valence-electron chi connectivity index (χ3n) is 4.69. The number of benzene rings is 2. The molecule has 0 atom stereocenters. The van der Waals surface area contributed by atoms with Crippen LogP contribution in [0.25, 0.3) is 11.1 Å². The molecule has 0 aliphatic carbocycles. The first-order chi connectivity index (χ1) is 15.5. The molecule has 0 aliphatic rings. The largest absolute Gasteiger partial charge is 0.268 e. The van der Waals surface area contributed by atoms with E-state index in [0.29, 0.717) is 16.3 Å². The highest BCUT2D eigenvalue weighted by Crippen LogP contribution is 2.34. The van der Waals surface area contributed by atoms with Gasteiger partial charge in [0.2, 0.25) is 0 Å². The van der Waals surface area contributed by atoms with Crippen molar-refractivity contribution in [3.05, 3.63) is 112 Å². The summed E-state index contributed by atoms with van der Waals surface area (Å²) in [7, 11) is 0. The van der Waals surface area contributed by atoms with Gasteiger partial charge in [0.05, 0.1) is 16.8 Å². The summed E-state index contributed by atoms with van der Waals surface area (Å²) in [4.78, 5) is 36.2. The van der Waals surface area contributed by atoms with E-state index >= 15 is 0 Å². The number of aromatic nitrogens is 2. The number of carbonyl (C=O) groups excluding carboxylic acids is 2. The summed E-state index contributed by atoms with van der Waals surface area (Å²) in [6.07, 6.45) is 2.93. The summed E-state index contributed by atoms with van der Waals surface area (Å²) in [6, 6.07) is 20.3. The molecule has 2 aromatic heterocycles. The van der Waals surface area contributed by atoms with Gasteiger partial charge in [0, 0.05) is 23.0 Å².